The molecule has 4 rings (SSSR count). The van der Waals surface area contributed by atoms with Gasteiger partial charge in [0.25, 0.3) is 5.56 Å². The van der Waals surface area contributed by atoms with E-state index in [1.54, 1.807) is 7.11 Å². The Morgan fingerprint density at radius 2 is 1.91 bits per heavy atom. The number of ether oxygens (including phenoxy) is 1. The largest absolute Gasteiger partial charge is 0.497 e. The molecule has 1 saturated carbocycles. The van der Waals surface area contributed by atoms with E-state index in [1.807, 2.05) is 42.5 Å². The highest BCUT2D eigenvalue weighted by molar-refractivity contribution is 7.80. The first-order valence-corrected chi connectivity index (χ1v) is 11.8. The lowest BCUT2D eigenvalue weighted by Gasteiger charge is -2.37. The van der Waals surface area contributed by atoms with Gasteiger partial charge < -0.3 is 19.9 Å². The van der Waals surface area contributed by atoms with Crippen LogP contribution in [0.15, 0.2) is 59.4 Å². The van der Waals surface area contributed by atoms with Gasteiger partial charge in [0.05, 0.1) is 25.2 Å². The molecule has 2 N–H and O–H groups in total. The van der Waals surface area contributed by atoms with E-state index in [9.17, 15) is 4.79 Å². The second kappa shape index (κ2) is 10.2. The molecule has 0 bridgehead atoms. The van der Waals surface area contributed by atoms with E-state index in [1.165, 1.54) is 24.8 Å². The van der Waals surface area contributed by atoms with Crippen LogP contribution < -0.4 is 15.6 Å². The Balaban J connectivity index is 1.60. The predicted molar refractivity (Wildman–Crippen MR) is 134 cm³/mol. The number of thiocarbonyl (C=S) groups is 1. The molecule has 0 aliphatic heterocycles. The molecule has 3 aromatic rings. The Hall–Kier alpha value is -2.86. The second-order valence-corrected chi connectivity index (χ2v) is 8.97. The molecular weight excluding hydrogens is 418 g/mol. The van der Waals surface area contributed by atoms with Crippen LogP contribution in [0.3, 0.4) is 0 Å². The number of hydrogen-bond acceptors (Lipinski definition) is 3. The van der Waals surface area contributed by atoms with Gasteiger partial charge in [-0.15, -0.1) is 0 Å². The van der Waals surface area contributed by atoms with E-state index in [-0.39, 0.29) is 11.6 Å². The molecule has 0 amide bonds. The number of rotatable bonds is 6. The van der Waals surface area contributed by atoms with Gasteiger partial charge in [-0.1, -0.05) is 49.6 Å². The molecule has 1 aromatic heterocycles. The summed E-state index contributed by atoms with van der Waals surface area (Å²) in [4.78, 5) is 18.2. The average molecular weight is 450 g/mol. The molecule has 1 unspecified atom stereocenters. The van der Waals surface area contributed by atoms with Crippen LogP contribution in [0.5, 0.6) is 5.75 Å². The fourth-order valence-electron chi connectivity index (χ4n) is 4.51. The Morgan fingerprint density at radius 3 is 2.62 bits per heavy atom. The molecule has 0 radical (unpaired) electrons. The Bertz CT molecular complexity index is 1120. The van der Waals surface area contributed by atoms with Gasteiger partial charge >= 0.3 is 0 Å². The van der Waals surface area contributed by atoms with Gasteiger partial charge in [-0.05, 0) is 61.1 Å². The molecule has 168 valence electrons. The van der Waals surface area contributed by atoms with Gasteiger partial charge in [-0.25, -0.2) is 0 Å². The van der Waals surface area contributed by atoms with Crippen molar-refractivity contribution in [3.63, 3.8) is 0 Å². The number of aromatic amines is 1. The van der Waals surface area contributed by atoms with E-state index in [0.717, 1.165) is 35.1 Å². The van der Waals surface area contributed by atoms with Crippen LogP contribution in [-0.4, -0.2) is 28.1 Å². The first kappa shape index (κ1) is 22.3. The van der Waals surface area contributed by atoms with Gasteiger partial charge in [0.2, 0.25) is 0 Å². The van der Waals surface area contributed by atoms with Crippen LogP contribution in [0.25, 0.3) is 10.9 Å². The summed E-state index contributed by atoms with van der Waals surface area (Å²) < 4.78 is 5.29. The SMILES string of the molecule is COc1ccc2cc(CN(C(=S)NC(C)c3ccccc3)C3CCCCC3)c(=O)[nH]c2c1. The van der Waals surface area contributed by atoms with E-state index in [4.69, 9.17) is 17.0 Å². The van der Waals surface area contributed by atoms with E-state index >= 15 is 0 Å². The molecule has 1 aliphatic carbocycles. The molecular formula is C26H31N3O2S. The molecule has 32 heavy (non-hydrogen) atoms. The predicted octanol–water partition coefficient (Wildman–Crippen LogP) is 5.31. The van der Waals surface area contributed by atoms with Crippen molar-refractivity contribution in [1.82, 2.24) is 15.2 Å². The number of hydrogen-bond donors (Lipinski definition) is 2. The van der Waals surface area contributed by atoms with Gasteiger partial charge in [-0.3, -0.25) is 4.79 Å². The minimum atomic E-state index is -0.0783. The summed E-state index contributed by atoms with van der Waals surface area (Å²) in [6.45, 7) is 2.62. The quantitative estimate of drug-likeness (QED) is 0.500. The smallest absolute Gasteiger partial charge is 0.253 e. The van der Waals surface area contributed by atoms with E-state index < -0.39 is 0 Å². The fourth-order valence-corrected chi connectivity index (χ4v) is 4.90. The highest BCUT2D eigenvalue weighted by Crippen LogP contribution is 2.26. The van der Waals surface area contributed by atoms with E-state index in [0.29, 0.717) is 17.7 Å². The third-order valence-electron chi connectivity index (χ3n) is 6.39. The molecule has 1 fully saturated rings. The number of methoxy groups -OCH3 is 1. The van der Waals surface area contributed by atoms with Crippen molar-refractivity contribution in [2.45, 2.75) is 57.7 Å². The zero-order chi connectivity index (χ0) is 22.5. The molecule has 2 aromatic carbocycles. The molecule has 6 heteroatoms. The number of aromatic nitrogens is 1. The highest BCUT2D eigenvalue weighted by atomic mass is 32.1. The Kier molecular flexibility index (Phi) is 7.10. The second-order valence-electron chi connectivity index (χ2n) is 8.58. The van der Waals surface area contributed by atoms with Crippen LogP contribution >= 0.6 is 12.2 Å². The summed E-state index contributed by atoms with van der Waals surface area (Å²) in [7, 11) is 1.63. The van der Waals surface area contributed by atoms with Crippen molar-refractivity contribution < 1.29 is 4.74 Å². The minimum absolute atomic E-state index is 0.0783. The summed E-state index contributed by atoms with van der Waals surface area (Å²) in [5.74, 6) is 0.727. The molecule has 1 atom stereocenters. The third-order valence-corrected chi connectivity index (χ3v) is 6.74. The van der Waals surface area contributed by atoms with Crippen molar-refractivity contribution in [1.29, 1.82) is 0 Å². The van der Waals surface area contributed by atoms with Crippen LogP contribution in [0, 0.1) is 0 Å². The summed E-state index contributed by atoms with van der Waals surface area (Å²) in [6.07, 6.45) is 5.87. The van der Waals surface area contributed by atoms with Crippen LogP contribution in [0.1, 0.15) is 56.2 Å². The summed E-state index contributed by atoms with van der Waals surface area (Å²) in [5, 5.41) is 5.21. The lowest BCUT2D eigenvalue weighted by molar-refractivity contribution is 0.233. The first-order valence-electron chi connectivity index (χ1n) is 11.4. The van der Waals surface area contributed by atoms with Gasteiger partial charge in [0.15, 0.2) is 5.11 Å². The lowest BCUT2D eigenvalue weighted by Crippen LogP contribution is -2.47. The number of fused-ring (bicyclic) bond motifs is 1. The summed E-state index contributed by atoms with van der Waals surface area (Å²) in [5.41, 5.74) is 2.62. The van der Waals surface area contributed by atoms with Gasteiger partial charge in [0.1, 0.15) is 5.75 Å². The minimum Gasteiger partial charge on any atom is -0.497 e. The summed E-state index contributed by atoms with van der Waals surface area (Å²) >= 11 is 5.89. The Morgan fingerprint density at radius 1 is 1.16 bits per heavy atom. The topological polar surface area (TPSA) is 57.4 Å². The third kappa shape index (κ3) is 5.13. The first-order chi connectivity index (χ1) is 15.5. The van der Waals surface area contributed by atoms with Crippen molar-refractivity contribution in [2.24, 2.45) is 0 Å². The van der Waals surface area contributed by atoms with Crippen LogP contribution in [0.2, 0.25) is 0 Å². The van der Waals surface area contributed by atoms with Gasteiger partial charge in [-0.2, -0.15) is 0 Å². The monoisotopic (exact) mass is 449 g/mol. The van der Waals surface area contributed by atoms with E-state index in [2.05, 4.69) is 34.3 Å². The number of nitrogens with zero attached hydrogens (tertiary/aromatic N) is 1. The Labute approximate surface area is 194 Å². The molecule has 1 aliphatic rings. The maximum absolute atomic E-state index is 12.9. The van der Waals surface area contributed by atoms with Crippen molar-refractivity contribution in [3.05, 3.63) is 76.1 Å². The maximum atomic E-state index is 12.9. The molecule has 0 spiro atoms. The van der Waals surface area contributed by atoms with Crippen LogP contribution in [0.4, 0.5) is 0 Å². The fraction of sp³-hybridized carbons (Fsp3) is 0.385. The standard InChI is InChI=1S/C26H31N3O2S/c1-18(19-9-5-3-6-10-19)27-26(32)29(22-11-7-4-8-12-22)17-21-15-20-13-14-23(31-2)16-24(20)28-25(21)30/h3,5-6,9-10,13-16,18,22H,4,7-8,11-12,17H2,1-2H3,(H,27,32)(H,28,30). The number of benzene rings is 2. The van der Waals surface area contributed by atoms with Gasteiger partial charge in [0, 0.05) is 17.7 Å². The van der Waals surface area contributed by atoms with Crippen LogP contribution in [-0.2, 0) is 6.54 Å². The zero-order valence-electron chi connectivity index (χ0n) is 18.8. The maximum Gasteiger partial charge on any atom is 0.253 e. The lowest BCUT2D eigenvalue weighted by atomic mass is 9.94. The molecule has 1 heterocycles. The average Bonchev–Trinajstić information content (AvgIpc) is 2.83. The number of nitrogens with one attached hydrogen (secondary N) is 2. The van der Waals surface area contributed by atoms with Crippen molar-refractivity contribution in [3.8, 4) is 5.75 Å². The highest BCUT2D eigenvalue weighted by Gasteiger charge is 2.25. The van der Waals surface area contributed by atoms with Crippen molar-refractivity contribution in [2.75, 3.05) is 7.11 Å². The number of pyridine rings is 1. The molecule has 0 saturated heterocycles. The molecule has 5 nitrogen and oxygen atoms in total. The zero-order valence-corrected chi connectivity index (χ0v) is 19.6. The number of H-pyrrole nitrogens is 1. The normalized spacial score (nSPS) is 15.3. The van der Waals surface area contributed by atoms with Crippen molar-refractivity contribution >= 4 is 28.2 Å². The summed E-state index contributed by atoms with van der Waals surface area (Å²) in [6, 6.07) is 18.5.